The Morgan fingerprint density at radius 2 is 1.96 bits per heavy atom. The summed E-state index contributed by atoms with van der Waals surface area (Å²) in [5.74, 6) is 1.17. The van der Waals surface area contributed by atoms with E-state index in [2.05, 4.69) is 0 Å². The van der Waals surface area contributed by atoms with E-state index in [0.29, 0.717) is 31.0 Å². The minimum atomic E-state index is -0.431. The lowest BCUT2D eigenvalue weighted by Crippen LogP contribution is -2.44. The van der Waals surface area contributed by atoms with Gasteiger partial charge in [0.1, 0.15) is 6.04 Å². The van der Waals surface area contributed by atoms with Gasteiger partial charge in [-0.25, -0.2) is 0 Å². The van der Waals surface area contributed by atoms with Gasteiger partial charge in [0.05, 0.1) is 0 Å². The van der Waals surface area contributed by atoms with E-state index in [1.54, 1.807) is 15.9 Å². The van der Waals surface area contributed by atoms with Crippen LogP contribution >= 0.6 is 0 Å². The maximum Gasteiger partial charge on any atom is 0.249 e. The first-order valence-corrected chi connectivity index (χ1v) is 9.42. The lowest BCUT2D eigenvalue weighted by atomic mass is 10.1. The zero-order valence-electron chi connectivity index (χ0n) is 15.7. The van der Waals surface area contributed by atoms with Gasteiger partial charge in [-0.1, -0.05) is 24.3 Å². The molecule has 1 atom stereocenters. The molecule has 1 saturated heterocycles. The number of nitrogens with zero attached hydrogens (tertiary/aromatic N) is 2. The molecule has 6 heteroatoms. The monoisotopic (exact) mass is 378 g/mol. The summed E-state index contributed by atoms with van der Waals surface area (Å²) in [4.78, 5) is 29.0. The van der Waals surface area contributed by atoms with Crippen LogP contribution in [0.15, 0.2) is 54.6 Å². The molecule has 0 aromatic heterocycles. The highest BCUT2D eigenvalue weighted by atomic mass is 16.7. The van der Waals surface area contributed by atoms with Crippen molar-refractivity contribution in [2.24, 2.45) is 0 Å². The van der Waals surface area contributed by atoms with Crippen LogP contribution in [0.5, 0.6) is 11.5 Å². The van der Waals surface area contributed by atoms with E-state index in [9.17, 15) is 9.59 Å². The van der Waals surface area contributed by atoms with Crippen LogP contribution in [0.3, 0.4) is 0 Å². The van der Waals surface area contributed by atoms with E-state index in [-0.39, 0.29) is 18.6 Å². The number of para-hydroxylation sites is 1. The Kier molecular flexibility index (Phi) is 5.02. The second kappa shape index (κ2) is 7.76. The van der Waals surface area contributed by atoms with Crippen molar-refractivity contribution in [2.75, 3.05) is 24.8 Å². The molecular weight excluding hydrogens is 356 g/mol. The Hall–Kier alpha value is -3.28. The molecule has 28 heavy (non-hydrogen) atoms. The molecule has 4 rings (SSSR count). The van der Waals surface area contributed by atoms with Gasteiger partial charge in [-0.05, 0) is 49.2 Å². The fourth-order valence-electron chi connectivity index (χ4n) is 3.63. The highest BCUT2D eigenvalue weighted by molar-refractivity contribution is 6.03. The Morgan fingerprint density at radius 1 is 1.18 bits per heavy atom. The lowest BCUT2D eigenvalue weighted by Gasteiger charge is -2.25. The minimum Gasteiger partial charge on any atom is -0.454 e. The molecule has 0 N–H and O–H groups in total. The number of anilines is 1. The molecule has 0 aliphatic carbocycles. The van der Waals surface area contributed by atoms with Gasteiger partial charge in [-0.15, -0.1) is 0 Å². The highest BCUT2D eigenvalue weighted by Crippen LogP contribution is 2.33. The third-order valence-electron chi connectivity index (χ3n) is 5.06. The van der Waals surface area contributed by atoms with Crippen molar-refractivity contribution in [1.82, 2.24) is 4.90 Å². The number of hydrogen-bond acceptors (Lipinski definition) is 4. The predicted octanol–water partition coefficient (Wildman–Crippen LogP) is 3.08. The first-order valence-electron chi connectivity index (χ1n) is 9.42. The molecule has 1 fully saturated rings. The summed E-state index contributed by atoms with van der Waals surface area (Å²) < 4.78 is 10.7. The molecule has 1 unspecified atom stereocenters. The predicted molar refractivity (Wildman–Crippen MR) is 106 cm³/mol. The van der Waals surface area contributed by atoms with Crippen LogP contribution in [-0.2, 0) is 9.59 Å². The van der Waals surface area contributed by atoms with E-state index in [0.717, 1.165) is 11.3 Å². The number of fused-ring (bicyclic) bond motifs is 1. The number of amides is 2. The van der Waals surface area contributed by atoms with E-state index in [4.69, 9.17) is 9.47 Å². The Balaban J connectivity index is 1.46. The summed E-state index contributed by atoms with van der Waals surface area (Å²) in [7, 11) is 0. The molecule has 6 nitrogen and oxygen atoms in total. The smallest absolute Gasteiger partial charge is 0.249 e. The van der Waals surface area contributed by atoms with Crippen molar-refractivity contribution in [2.45, 2.75) is 19.4 Å². The standard InChI is InChI=1S/C22H22N2O4/c1-2-23(18-12-13-24(22(18)26)17-6-4-3-5-7-17)21(25)11-9-16-8-10-19-20(14-16)28-15-27-19/h3-11,14,18H,2,12-13,15H2,1H3. The molecule has 0 radical (unpaired) electrons. The van der Waals surface area contributed by atoms with Crippen molar-refractivity contribution in [3.63, 3.8) is 0 Å². The fraction of sp³-hybridized carbons (Fsp3) is 0.273. The highest BCUT2D eigenvalue weighted by Gasteiger charge is 2.37. The molecule has 2 aliphatic heterocycles. The Bertz CT molecular complexity index is 910. The molecular formula is C22H22N2O4. The van der Waals surface area contributed by atoms with Crippen molar-refractivity contribution in [1.29, 1.82) is 0 Å². The van der Waals surface area contributed by atoms with Crippen LogP contribution in [0.25, 0.3) is 6.08 Å². The van der Waals surface area contributed by atoms with Crippen LogP contribution in [0, 0.1) is 0 Å². The molecule has 2 amide bonds. The molecule has 144 valence electrons. The van der Waals surface area contributed by atoms with Crippen molar-refractivity contribution in [3.8, 4) is 11.5 Å². The van der Waals surface area contributed by atoms with Crippen LogP contribution in [-0.4, -0.2) is 42.6 Å². The summed E-state index contributed by atoms with van der Waals surface area (Å²) in [6.45, 7) is 3.20. The van der Waals surface area contributed by atoms with Crippen LogP contribution in [0.4, 0.5) is 5.69 Å². The largest absolute Gasteiger partial charge is 0.454 e. The third-order valence-corrected chi connectivity index (χ3v) is 5.06. The van der Waals surface area contributed by atoms with E-state index >= 15 is 0 Å². The van der Waals surface area contributed by atoms with Gasteiger partial charge in [0, 0.05) is 24.9 Å². The molecule has 2 aromatic carbocycles. The Morgan fingerprint density at radius 3 is 2.75 bits per heavy atom. The third kappa shape index (κ3) is 3.45. The van der Waals surface area contributed by atoms with Gasteiger partial charge in [0.2, 0.25) is 18.6 Å². The summed E-state index contributed by atoms with van der Waals surface area (Å²) in [5.41, 5.74) is 1.71. The molecule has 0 saturated carbocycles. The second-order valence-corrected chi connectivity index (χ2v) is 6.70. The average molecular weight is 378 g/mol. The maximum absolute atomic E-state index is 12.9. The maximum atomic E-state index is 12.9. The quantitative estimate of drug-likeness (QED) is 0.751. The van der Waals surface area contributed by atoms with E-state index < -0.39 is 6.04 Å². The summed E-state index contributed by atoms with van der Waals surface area (Å²) >= 11 is 0. The zero-order valence-corrected chi connectivity index (χ0v) is 15.7. The molecule has 0 bridgehead atoms. The SMILES string of the molecule is CCN(C(=O)C=Cc1ccc2c(c1)OCO2)C1CCN(c2ccccc2)C1=O. The van der Waals surface area contributed by atoms with Crippen LogP contribution in [0.1, 0.15) is 18.9 Å². The molecule has 2 aliphatic rings. The topological polar surface area (TPSA) is 59.1 Å². The number of hydrogen-bond donors (Lipinski definition) is 0. The van der Waals surface area contributed by atoms with Crippen molar-refractivity contribution in [3.05, 3.63) is 60.2 Å². The summed E-state index contributed by atoms with van der Waals surface area (Å²) in [6.07, 6.45) is 3.88. The number of likely N-dealkylation sites (N-methyl/N-ethyl adjacent to an activating group) is 1. The lowest BCUT2D eigenvalue weighted by molar-refractivity contribution is -0.134. The van der Waals surface area contributed by atoms with Gasteiger partial charge >= 0.3 is 0 Å². The van der Waals surface area contributed by atoms with Gasteiger partial charge in [0.15, 0.2) is 11.5 Å². The number of rotatable bonds is 5. The van der Waals surface area contributed by atoms with Gasteiger partial charge in [0.25, 0.3) is 0 Å². The van der Waals surface area contributed by atoms with E-state index in [1.165, 1.54) is 6.08 Å². The average Bonchev–Trinajstić information content (AvgIpc) is 3.34. The Labute approximate surface area is 164 Å². The van der Waals surface area contributed by atoms with Crippen molar-refractivity contribution >= 4 is 23.6 Å². The second-order valence-electron chi connectivity index (χ2n) is 6.70. The zero-order chi connectivity index (χ0) is 19.5. The van der Waals surface area contributed by atoms with Crippen LogP contribution in [0.2, 0.25) is 0 Å². The summed E-state index contributed by atoms with van der Waals surface area (Å²) in [6, 6.07) is 14.7. The van der Waals surface area contributed by atoms with Crippen molar-refractivity contribution < 1.29 is 19.1 Å². The number of benzene rings is 2. The summed E-state index contributed by atoms with van der Waals surface area (Å²) in [5, 5.41) is 0. The molecule has 2 aromatic rings. The van der Waals surface area contributed by atoms with Gasteiger partial charge < -0.3 is 19.3 Å². The molecule has 2 heterocycles. The number of carbonyl (C=O) groups is 2. The number of carbonyl (C=O) groups excluding carboxylic acids is 2. The fourth-order valence-corrected chi connectivity index (χ4v) is 3.63. The van der Waals surface area contributed by atoms with E-state index in [1.807, 2.05) is 55.5 Å². The number of ether oxygens (including phenoxy) is 2. The first kappa shape index (κ1) is 18.1. The first-order chi connectivity index (χ1) is 13.7. The normalized spacial score (nSPS) is 18.1. The van der Waals surface area contributed by atoms with Gasteiger partial charge in [-0.3, -0.25) is 9.59 Å². The minimum absolute atomic E-state index is 0.0297. The van der Waals surface area contributed by atoms with Crippen LogP contribution < -0.4 is 14.4 Å². The molecule has 0 spiro atoms. The van der Waals surface area contributed by atoms with Gasteiger partial charge in [-0.2, -0.15) is 0 Å².